The van der Waals surface area contributed by atoms with Gasteiger partial charge in [-0.3, -0.25) is 4.79 Å². The number of hydrogen-bond donors (Lipinski definition) is 2. The number of hydrogen-bond acceptors (Lipinski definition) is 3. The number of likely N-dealkylation sites (tertiary alicyclic amines) is 1. The van der Waals surface area contributed by atoms with Gasteiger partial charge in [0, 0.05) is 13.1 Å². The highest BCUT2D eigenvalue weighted by Gasteiger charge is 2.31. The molecule has 2 unspecified atom stereocenters. The lowest BCUT2D eigenvalue weighted by Crippen LogP contribution is -2.40. The van der Waals surface area contributed by atoms with Gasteiger partial charge in [-0.05, 0) is 48.7 Å². The van der Waals surface area contributed by atoms with Crippen molar-refractivity contribution in [2.45, 2.75) is 26.0 Å². The highest BCUT2D eigenvalue weighted by molar-refractivity contribution is 5.77. The first-order valence-corrected chi connectivity index (χ1v) is 9.18. The predicted octanol–water partition coefficient (Wildman–Crippen LogP) is 3.58. The van der Waals surface area contributed by atoms with Gasteiger partial charge in [-0.1, -0.05) is 24.3 Å². The third-order valence-electron chi connectivity index (χ3n) is 4.86. The highest BCUT2D eigenvalue weighted by Crippen LogP contribution is 2.21. The van der Waals surface area contributed by atoms with Crippen LogP contribution in [0.5, 0.6) is 5.75 Å². The van der Waals surface area contributed by atoms with Gasteiger partial charge < -0.3 is 20.1 Å². The largest absolute Gasteiger partial charge is 0.489 e. The molecule has 2 aromatic carbocycles. The van der Waals surface area contributed by atoms with Crippen molar-refractivity contribution in [3.63, 3.8) is 0 Å². The fraction of sp³-hybridized carbons (Fsp3) is 0.333. The van der Waals surface area contributed by atoms with Gasteiger partial charge in [0.1, 0.15) is 18.2 Å². The first kappa shape index (κ1) is 19.7. The molecule has 1 saturated heterocycles. The third-order valence-corrected chi connectivity index (χ3v) is 4.86. The van der Waals surface area contributed by atoms with Crippen molar-refractivity contribution in [3.05, 3.63) is 65.5 Å². The molecule has 2 aromatic rings. The monoisotopic (exact) mass is 386 g/mol. The first-order valence-electron chi connectivity index (χ1n) is 9.18. The summed E-state index contributed by atoms with van der Waals surface area (Å²) in [5.74, 6) is -0.954. The van der Waals surface area contributed by atoms with E-state index >= 15 is 0 Å². The fourth-order valence-electron chi connectivity index (χ4n) is 3.11. The number of urea groups is 1. The zero-order chi connectivity index (χ0) is 20.1. The highest BCUT2D eigenvalue weighted by atomic mass is 19.1. The van der Waals surface area contributed by atoms with Crippen LogP contribution in [0.15, 0.2) is 48.5 Å². The smallest absolute Gasteiger partial charge is 0.317 e. The van der Waals surface area contributed by atoms with Gasteiger partial charge in [-0.15, -0.1) is 0 Å². The molecule has 28 heavy (non-hydrogen) atoms. The van der Waals surface area contributed by atoms with E-state index in [2.05, 4.69) is 5.32 Å². The maximum Gasteiger partial charge on any atom is 0.317 e. The number of carboxylic acids is 1. The number of nitrogens with one attached hydrogen (secondary N) is 1. The minimum atomic E-state index is -0.862. The van der Waals surface area contributed by atoms with E-state index < -0.39 is 11.9 Å². The van der Waals surface area contributed by atoms with Crippen LogP contribution in [-0.2, 0) is 11.4 Å². The van der Waals surface area contributed by atoms with Gasteiger partial charge in [0.25, 0.3) is 0 Å². The Kier molecular flexibility index (Phi) is 6.13. The molecule has 148 valence electrons. The summed E-state index contributed by atoms with van der Waals surface area (Å²) in [7, 11) is 0. The zero-order valence-corrected chi connectivity index (χ0v) is 15.6. The van der Waals surface area contributed by atoms with Crippen molar-refractivity contribution in [3.8, 4) is 5.75 Å². The molecule has 0 aliphatic carbocycles. The van der Waals surface area contributed by atoms with E-state index in [9.17, 15) is 14.0 Å². The van der Waals surface area contributed by atoms with Crippen molar-refractivity contribution in [1.82, 2.24) is 10.2 Å². The van der Waals surface area contributed by atoms with Crippen molar-refractivity contribution in [2.24, 2.45) is 5.92 Å². The number of aliphatic carboxylic acids is 1. The summed E-state index contributed by atoms with van der Waals surface area (Å²) < 4.78 is 18.6. The molecule has 3 rings (SSSR count). The molecule has 1 fully saturated rings. The number of nitrogens with zero attached hydrogens (tertiary/aromatic N) is 1. The Labute approximate surface area is 162 Å². The minimum Gasteiger partial charge on any atom is -0.489 e. The van der Waals surface area contributed by atoms with Crippen LogP contribution in [0.25, 0.3) is 0 Å². The summed E-state index contributed by atoms with van der Waals surface area (Å²) >= 11 is 0. The van der Waals surface area contributed by atoms with E-state index in [-0.39, 0.29) is 24.4 Å². The standard InChI is InChI=1S/C21H23FN2O4/c1-14(23-21(27)24-11-10-17(12-24)20(25)26)16-4-8-19(9-5-16)28-13-15-2-6-18(22)7-3-15/h2-9,14,17H,10-13H2,1H3,(H,23,27)(H,25,26). The van der Waals surface area contributed by atoms with Crippen LogP contribution in [-0.4, -0.2) is 35.1 Å². The van der Waals surface area contributed by atoms with Crippen LogP contribution < -0.4 is 10.1 Å². The molecule has 0 spiro atoms. The predicted molar refractivity (Wildman–Crippen MR) is 101 cm³/mol. The number of rotatable bonds is 6. The summed E-state index contributed by atoms with van der Waals surface area (Å²) in [5.41, 5.74) is 1.79. The second-order valence-electron chi connectivity index (χ2n) is 6.93. The van der Waals surface area contributed by atoms with Crippen LogP contribution in [0.1, 0.15) is 30.5 Å². The van der Waals surface area contributed by atoms with E-state index in [0.717, 1.165) is 11.1 Å². The lowest BCUT2D eigenvalue weighted by Gasteiger charge is -2.21. The van der Waals surface area contributed by atoms with E-state index in [0.29, 0.717) is 25.3 Å². The third kappa shape index (κ3) is 5.00. The molecule has 1 aliphatic rings. The number of carboxylic acid groups (broad SMARTS) is 1. The molecule has 2 N–H and O–H groups in total. The summed E-state index contributed by atoms with van der Waals surface area (Å²) in [6.45, 7) is 2.90. The molecule has 0 radical (unpaired) electrons. The SMILES string of the molecule is CC(NC(=O)N1CCC(C(=O)O)C1)c1ccc(OCc2ccc(F)cc2)cc1. The van der Waals surface area contributed by atoms with Crippen molar-refractivity contribution in [2.75, 3.05) is 13.1 Å². The van der Waals surface area contributed by atoms with Crippen LogP contribution in [0.2, 0.25) is 0 Å². The van der Waals surface area contributed by atoms with Gasteiger partial charge in [0.15, 0.2) is 0 Å². The van der Waals surface area contributed by atoms with E-state index in [1.165, 1.54) is 17.0 Å². The second kappa shape index (κ2) is 8.73. The molecule has 0 aromatic heterocycles. The number of carbonyl (C=O) groups is 2. The van der Waals surface area contributed by atoms with Crippen LogP contribution in [0.4, 0.5) is 9.18 Å². The van der Waals surface area contributed by atoms with E-state index in [4.69, 9.17) is 9.84 Å². The first-order chi connectivity index (χ1) is 13.4. The number of halogens is 1. The normalized spacial score (nSPS) is 17.2. The second-order valence-corrected chi connectivity index (χ2v) is 6.93. The average molecular weight is 386 g/mol. The van der Waals surface area contributed by atoms with Gasteiger partial charge in [-0.2, -0.15) is 0 Å². The molecule has 0 saturated carbocycles. The van der Waals surface area contributed by atoms with E-state index in [1.807, 2.05) is 31.2 Å². The quantitative estimate of drug-likeness (QED) is 0.795. The summed E-state index contributed by atoms with van der Waals surface area (Å²) in [5, 5.41) is 11.9. The Morgan fingerprint density at radius 3 is 2.50 bits per heavy atom. The lowest BCUT2D eigenvalue weighted by atomic mass is 10.1. The Balaban J connectivity index is 1.50. The van der Waals surface area contributed by atoms with Crippen molar-refractivity contribution >= 4 is 12.0 Å². The molecule has 2 amide bonds. The number of ether oxygens (including phenoxy) is 1. The molecule has 1 heterocycles. The van der Waals surface area contributed by atoms with Crippen LogP contribution >= 0.6 is 0 Å². The summed E-state index contributed by atoms with van der Waals surface area (Å²) in [4.78, 5) is 24.9. The van der Waals surface area contributed by atoms with Crippen LogP contribution in [0.3, 0.4) is 0 Å². The maximum absolute atomic E-state index is 12.9. The molecule has 6 nitrogen and oxygen atoms in total. The topological polar surface area (TPSA) is 78.9 Å². The Morgan fingerprint density at radius 1 is 1.21 bits per heavy atom. The molecule has 7 heteroatoms. The zero-order valence-electron chi connectivity index (χ0n) is 15.6. The van der Waals surface area contributed by atoms with Gasteiger partial charge in [-0.25, -0.2) is 9.18 Å². The Bertz CT molecular complexity index is 823. The van der Waals surface area contributed by atoms with E-state index in [1.54, 1.807) is 12.1 Å². The van der Waals surface area contributed by atoms with Gasteiger partial charge in [0.05, 0.1) is 12.0 Å². The van der Waals surface area contributed by atoms with Gasteiger partial charge in [0.2, 0.25) is 0 Å². The molecule has 1 aliphatic heterocycles. The number of amides is 2. The van der Waals surface area contributed by atoms with Crippen molar-refractivity contribution < 1.29 is 23.8 Å². The van der Waals surface area contributed by atoms with Gasteiger partial charge >= 0.3 is 12.0 Å². The molecule has 2 atom stereocenters. The number of benzene rings is 2. The number of carbonyl (C=O) groups excluding carboxylic acids is 1. The minimum absolute atomic E-state index is 0.220. The lowest BCUT2D eigenvalue weighted by molar-refractivity contribution is -0.141. The molecular formula is C21H23FN2O4. The molecule has 0 bridgehead atoms. The maximum atomic E-state index is 12.9. The van der Waals surface area contributed by atoms with Crippen LogP contribution in [0, 0.1) is 11.7 Å². The molecular weight excluding hydrogens is 363 g/mol. The Morgan fingerprint density at radius 2 is 1.89 bits per heavy atom. The summed E-state index contributed by atoms with van der Waals surface area (Å²) in [6.07, 6.45) is 0.483. The Hall–Kier alpha value is -3.09. The average Bonchev–Trinajstić information content (AvgIpc) is 3.19. The fourth-order valence-corrected chi connectivity index (χ4v) is 3.11. The van der Waals surface area contributed by atoms with Crippen molar-refractivity contribution in [1.29, 1.82) is 0 Å². The summed E-state index contributed by atoms with van der Waals surface area (Å²) in [6, 6.07) is 13.0.